The minimum atomic E-state index is -3.34. The maximum Gasteiger partial charge on any atom is 0.229 e. The third kappa shape index (κ3) is 4.04. The monoisotopic (exact) mass is 408 g/mol. The molecule has 2 aromatic carbocycles. The summed E-state index contributed by atoms with van der Waals surface area (Å²) in [6, 6.07) is 8.62. The zero-order valence-electron chi connectivity index (χ0n) is 15.0. The molecule has 1 aliphatic rings. The highest BCUT2D eigenvalue weighted by atomic mass is 32.2. The van der Waals surface area contributed by atoms with Gasteiger partial charge in [-0.3, -0.25) is 9.59 Å². The Bertz CT molecular complexity index is 1020. The Hall–Kier alpha value is -2.81. The van der Waals surface area contributed by atoms with Crippen LogP contribution in [0.25, 0.3) is 0 Å². The number of nitrogens with zero attached hydrogens (tertiary/aromatic N) is 1. The van der Waals surface area contributed by atoms with Crippen molar-refractivity contribution in [3.8, 4) is 0 Å². The molecule has 0 saturated carbocycles. The predicted molar refractivity (Wildman–Crippen MR) is 99.6 cm³/mol. The van der Waals surface area contributed by atoms with E-state index in [2.05, 4.69) is 5.32 Å². The molecule has 2 amide bonds. The third-order valence-electron chi connectivity index (χ3n) is 4.56. The number of sulfone groups is 1. The summed E-state index contributed by atoms with van der Waals surface area (Å²) in [5, 5.41) is 2.63. The van der Waals surface area contributed by atoms with Crippen molar-refractivity contribution in [2.75, 3.05) is 22.5 Å². The van der Waals surface area contributed by atoms with Crippen molar-refractivity contribution in [2.24, 2.45) is 5.92 Å². The largest absolute Gasteiger partial charge is 0.326 e. The van der Waals surface area contributed by atoms with Crippen LogP contribution in [-0.4, -0.2) is 32.5 Å². The summed E-state index contributed by atoms with van der Waals surface area (Å²) in [6.45, 7) is 1.51. The van der Waals surface area contributed by atoms with Crippen LogP contribution >= 0.6 is 0 Å². The first-order valence-electron chi connectivity index (χ1n) is 8.60. The molecule has 0 radical (unpaired) electrons. The van der Waals surface area contributed by atoms with E-state index in [-0.39, 0.29) is 29.3 Å². The van der Waals surface area contributed by atoms with Gasteiger partial charge in [0.2, 0.25) is 11.8 Å². The number of anilines is 2. The number of hydrogen-bond donors (Lipinski definition) is 1. The average Bonchev–Trinajstić information content (AvgIpc) is 3.04. The molecule has 9 heteroatoms. The van der Waals surface area contributed by atoms with E-state index < -0.39 is 39.2 Å². The molecule has 3 rings (SSSR count). The van der Waals surface area contributed by atoms with Gasteiger partial charge >= 0.3 is 0 Å². The van der Waals surface area contributed by atoms with Gasteiger partial charge < -0.3 is 10.2 Å². The normalized spacial score (nSPS) is 17.0. The summed E-state index contributed by atoms with van der Waals surface area (Å²) in [4.78, 5) is 25.9. The van der Waals surface area contributed by atoms with Crippen LogP contribution in [0.5, 0.6) is 0 Å². The first-order valence-corrected chi connectivity index (χ1v) is 10.3. The number of nitrogens with one attached hydrogen (secondary N) is 1. The fourth-order valence-electron chi connectivity index (χ4n) is 2.97. The fraction of sp³-hybridized carbons (Fsp3) is 0.263. The van der Waals surface area contributed by atoms with Gasteiger partial charge in [-0.15, -0.1) is 0 Å². The lowest BCUT2D eigenvalue weighted by molar-refractivity contribution is -0.122. The zero-order chi connectivity index (χ0) is 20.5. The van der Waals surface area contributed by atoms with Crippen LogP contribution in [-0.2, 0) is 19.4 Å². The van der Waals surface area contributed by atoms with E-state index in [9.17, 15) is 26.8 Å². The highest BCUT2D eigenvalue weighted by Gasteiger charge is 2.36. The number of halogens is 2. The van der Waals surface area contributed by atoms with Crippen LogP contribution in [0.3, 0.4) is 0 Å². The molecule has 28 heavy (non-hydrogen) atoms. The smallest absolute Gasteiger partial charge is 0.229 e. The summed E-state index contributed by atoms with van der Waals surface area (Å²) in [5.41, 5.74) is 0.315. The number of carbonyl (C=O) groups excluding carboxylic acids is 2. The predicted octanol–water partition coefficient (Wildman–Crippen LogP) is 2.75. The number of amides is 2. The van der Waals surface area contributed by atoms with E-state index >= 15 is 0 Å². The van der Waals surface area contributed by atoms with Gasteiger partial charge in [-0.2, -0.15) is 0 Å². The number of hydrogen-bond acceptors (Lipinski definition) is 4. The molecular weight excluding hydrogens is 390 g/mol. The molecule has 0 aliphatic carbocycles. The van der Waals surface area contributed by atoms with Crippen LogP contribution in [0, 0.1) is 17.6 Å². The molecule has 1 heterocycles. The number of rotatable bonds is 5. The molecule has 0 spiro atoms. The van der Waals surface area contributed by atoms with Crippen molar-refractivity contribution >= 4 is 33.0 Å². The van der Waals surface area contributed by atoms with Crippen molar-refractivity contribution in [1.29, 1.82) is 0 Å². The maximum absolute atomic E-state index is 13.9. The molecule has 1 unspecified atom stereocenters. The first kappa shape index (κ1) is 19.9. The van der Waals surface area contributed by atoms with Gasteiger partial charge in [-0.05, 0) is 36.4 Å². The Morgan fingerprint density at radius 3 is 2.46 bits per heavy atom. The molecule has 2 aromatic rings. The fourth-order valence-corrected chi connectivity index (χ4v) is 3.86. The maximum atomic E-state index is 13.9. The van der Waals surface area contributed by atoms with Crippen molar-refractivity contribution in [3.05, 3.63) is 54.1 Å². The Labute approximate surface area is 161 Å². The average molecular weight is 408 g/mol. The van der Waals surface area contributed by atoms with E-state index in [4.69, 9.17) is 0 Å². The van der Waals surface area contributed by atoms with E-state index in [1.807, 2.05) is 0 Å². The second kappa shape index (κ2) is 7.67. The lowest BCUT2D eigenvalue weighted by Crippen LogP contribution is -2.28. The Morgan fingerprint density at radius 1 is 1.18 bits per heavy atom. The van der Waals surface area contributed by atoms with Gasteiger partial charge in [0.15, 0.2) is 9.84 Å². The van der Waals surface area contributed by atoms with Gasteiger partial charge in [-0.25, -0.2) is 17.2 Å². The topological polar surface area (TPSA) is 83.5 Å². The summed E-state index contributed by atoms with van der Waals surface area (Å²) in [5.74, 6) is -3.24. The summed E-state index contributed by atoms with van der Waals surface area (Å²) < 4.78 is 50.6. The first-order chi connectivity index (χ1) is 13.2. The van der Waals surface area contributed by atoms with E-state index in [1.165, 1.54) is 31.2 Å². The zero-order valence-corrected chi connectivity index (χ0v) is 15.8. The highest BCUT2D eigenvalue weighted by Crippen LogP contribution is 2.28. The second-order valence-corrected chi connectivity index (χ2v) is 8.70. The Morgan fingerprint density at radius 2 is 1.86 bits per heavy atom. The summed E-state index contributed by atoms with van der Waals surface area (Å²) in [6.07, 6.45) is -0.106. The molecule has 1 N–H and O–H groups in total. The van der Waals surface area contributed by atoms with Crippen LogP contribution in [0.15, 0.2) is 47.4 Å². The summed E-state index contributed by atoms with van der Waals surface area (Å²) in [7, 11) is -3.34. The summed E-state index contributed by atoms with van der Waals surface area (Å²) >= 11 is 0. The number of benzene rings is 2. The molecule has 0 bridgehead atoms. The van der Waals surface area contributed by atoms with Crippen molar-refractivity contribution in [2.45, 2.75) is 18.2 Å². The molecule has 6 nitrogen and oxygen atoms in total. The van der Waals surface area contributed by atoms with E-state index in [0.717, 1.165) is 17.0 Å². The Balaban J connectivity index is 1.69. The highest BCUT2D eigenvalue weighted by molar-refractivity contribution is 7.91. The molecule has 148 valence electrons. The van der Waals surface area contributed by atoms with E-state index in [1.54, 1.807) is 0 Å². The lowest BCUT2D eigenvalue weighted by Gasteiger charge is -2.17. The molecular formula is C19H18F2N2O4S. The SMILES string of the molecule is CCS(=O)(=O)c1ccc(NC(=O)C2CC(=O)N(c3ccc(F)cc3F)C2)cc1. The van der Waals surface area contributed by atoms with Crippen LogP contribution in [0.4, 0.5) is 20.2 Å². The van der Waals surface area contributed by atoms with Gasteiger partial charge in [0.05, 0.1) is 22.3 Å². The van der Waals surface area contributed by atoms with E-state index in [0.29, 0.717) is 11.8 Å². The molecule has 1 fully saturated rings. The van der Waals surface area contributed by atoms with Crippen molar-refractivity contribution in [3.63, 3.8) is 0 Å². The van der Waals surface area contributed by atoms with Gasteiger partial charge in [0, 0.05) is 24.7 Å². The van der Waals surface area contributed by atoms with Crippen molar-refractivity contribution < 1.29 is 26.8 Å². The van der Waals surface area contributed by atoms with Gasteiger partial charge in [-0.1, -0.05) is 6.92 Å². The lowest BCUT2D eigenvalue weighted by atomic mass is 10.1. The third-order valence-corrected chi connectivity index (χ3v) is 6.31. The van der Waals surface area contributed by atoms with Crippen molar-refractivity contribution in [1.82, 2.24) is 0 Å². The van der Waals surface area contributed by atoms with Crippen LogP contribution in [0.1, 0.15) is 13.3 Å². The molecule has 1 aliphatic heterocycles. The quantitative estimate of drug-likeness (QED) is 0.825. The molecule has 0 aromatic heterocycles. The standard InChI is InChI=1S/C19H18F2N2O4S/c1-2-28(26,27)15-6-4-14(5-7-15)22-19(25)12-9-18(24)23(11-12)17-8-3-13(20)10-16(17)21/h3-8,10,12H,2,9,11H2,1H3,(H,22,25). The Kier molecular flexibility index (Phi) is 5.46. The minimum absolute atomic E-state index is 0.0291. The minimum Gasteiger partial charge on any atom is -0.326 e. The van der Waals surface area contributed by atoms with Gasteiger partial charge in [0.25, 0.3) is 0 Å². The second-order valence-electron chi connectivity index (χ2n) is 6.42. The van der Waals surface area contributed by atoms with Crippen LogP contribution < -0.4 is 10.2 Å². The molecule has 1 atom stereocenters. The van der Waals surface area contributed by atoms with Crippen LogP contribution in [0.2, 0.25) is 0 Å². The molecule has 1 saturated heterocycles. The number of carbonyl (C=O) groups is 2. The van der Waals surface area contributed by atoms with Gasteiger partial charge in [0.1, 0.15) is 11.6 Å².